The Hall–Kier alpha value is -1.39. The molecule has 0 aliphatic rings. The standard InChI is InChI=1S/C14H17NO2S/c1-10(18(2,16)17)14(15)13-9-5-7-11-6-3-4-8-12(11)13/h3-10,14H,15H2,1-2H3. The lowest BCUT2D eigenvalue weighted by molar-refractivity contribution is 0.571. The Balaban J connectivity index is 2.55. The quantitative estimate of drug-likeness (QED) is 0.924. The van der Waals surface area contributed by atoms with Crippen LogP contribution in [0.25, 0.3) is 10.8 Å². The number of hydrogen-bond donors (Lipinski definition) is 1. The average molecular weight is 263 g/mol. The van der Waals surface area contributed by atoms with Crippen LogP contribution in [0.15, 0.2) is 42.5 Å². The van der Waals surface area contributed by atoms with Crippen molar-refractivity contribution in [2.75, 3.05) is 6.26 Å². The summed E-state index contributed by atoms with van der Waals surface area (Å²) in [6.45, 7) is 1.65. The first-order chi connectivity index (χ1) is 8.41. The molecular weight excluding hydrogens is 246 g/mol. The fraction of sp³-hybridized carbons (Fsp3) is 0.286. The van der Waals surface area contributed by atoms with Crippen LogP contribution < -0.4 is 5.73 Å². The molecule has 0 saturated carbocycles. The Kier molecular flexibility index (Phi) is 3.41. The van der Waals surface area contributed by atoms with Crippen molar-refractivity contribution in [2.45, 2.75) is 18.2 Å². The normalized spacial score (nSPS) is 15.5. The molecule has 96 valence electrons. The van der Waals surface area contributed by atoms with Gasteiger partial charge >= 0.3 is 0 Å². The van der Waals surface area contributed by atoms with Gasteiger partial charge in [0.05, 0.1) is 5.25 Å². The minimum atomic E-state index is -3.14. The Morgan fingerprint density at radius 3 is 2.33 bits per heavy atom. The van der Waals surface area contributed by atoms with Gasteiger partial charge in [-0.15, -0.1) is 0 Å². The Morgan fingerprint density at radius 1 is 1.06 bits per heavy atom. The van der Waals surface area contributed by atoms with E-state index in [2.05, 4.69) is 0 Å². The molecule has 2 atom stereocenters. The van der Waals surface area contributed by atoms with Crippen LogP contribution in [0, 0.1) is 0 Å². The number of sulfone groups is 1. The van der Waals surface area contributed by atoms with E-state index < -0.39 is 21.1 Å². The minimum Gasteiger partial charge on any atom is -0.323 e. The maximum absolute atomic E-state index is 11.6. The molecule has 0 amide bonds. The van der Waals surface area contributed by atoms with Gasteiger partial charge < -0.3 is 5.73 Å². The van der Waals surface area contributed by atoms with Crippen LogP contribution in [-0.2, 0) is 9.84 Å². The number of benzene rings is 2. The lowest BCUT2D eigenvalue weighted by atomic mass is 9.98. The van der Waals surface area contributed by atoms with E-state index in [0.29, 0.717) is 0 Å². The van der Waals surface area contributed by atoms with E-state index in [-0.39, 0.29) is 0 Å². The smallest absolute Gasteiger partial charge is 0.151 e. The molecule has 0 heterocycles. The van der Waals surface area contributed by atoms with Crippen molar-refractivity contribution in [1.29, 1.82) is 0 Å². The van der Waals surface area contributed by atoms with E-state index >= 15 is 0 Å². The topological polar surface area (TPSA) is 60.2 Å². The molecule has 4 heteroatoms. The summed E-state index contributed by atoms with van der Waals surface area (Å²) in [4.78, 5) is 0. The largest absolute Gasteiger partial charge is 0.323 e. The van der Waals surface area contributed by atoms with Gasteiger partial charge in [-0.2, -0.15) is 0 Å². The van der Waals surface area contributed by atoms with Crippen LogP contribution in [0.4, 0.5) is 0 Å². The number of hydrogen-bond acceptors (Lipinski definition) is 3. The zero-order chi connectivity index (χ0) is 13.3. The molecule has 0 spiro atoms. The SMILES string of the molecule is CC(C(N)c1cccc2ccccc12)S(C)(=O)=O. The van der Waals surface area contributed by atoms with Crippen molar-refractivity contribution in [3.05, 3.63) is 48.0 Å². The van der Waals surface area contributed by atoms with Crippen LogP contribution in [0.5, 0.6) is 0 Å². The summed E-state index contributed by atoms with van der Waals surface area (Å²) in [6, 6.07) is 13.2. The minimum absolute atomic E-state index is 0.508. The average Bonchev–Trinajstić information content (AvgIpc) is 2.35. The molecule has 0 aliphatic heterocycles. The van der Waals surface area contributed by atoms with Gasteiger partial charge in [-0.25, -0.2) is 8.42 Å². The molecule has 0 fully saturated rings. The molecule has 3 nitrogen and oxygen atoms in total. The highest BCUT2D eigenvalue weighted by atomic mass is 32.2. The predicted molar refractivity (Wildman–Crippen MR) is 75.2 cm³/mol. The molecular formula is C14H17NO2S. The first-order valence-corrected chi connectivity index (χ1v) is 7.79. The van der Waals surface area contributed by atoms with Crippen LogP contribution in [0.3, 0.4) is 0 Å². The van der Waals surface area contributed by atoms with Crippen molar-refractivity contribution >= 4 is 20.6 Å². The third-order valence-electron chi connectivity index (χ3n) is 3.36. The first kappa shape index (κ1) is 13.1. The summed E-state index contributed by atoms with van der Waals surface area (Å²) < 4.78 is 23.2. The Labute approximate surface area is 108 Å². The fourth-order valence-corrected chi connectivity index (χ4v) is 2.74. The van der Waals surface area contributed by atoms with Gasteiger partial charge in [-0.1, -0.05) is 42.5 Å². The van der Waals surface area contributed by atoms with Crippen molar-refractivity contribution in [2.24, 2.45) is 5.73 Å². The van der Waals surface area contributed by atoms with Crippen LogP contribution in [0.2, 0.25) is 0 Å². The van der Waals surface area contributed by atoms with Gasteiger partial charge in [-0.05, 0) is 23.3 Å². The summed E-state index contributed by atoms with van der Waals surface area (Å²) in [7, 11) is -3.14. The van der Waals surface area contributed by atoms with E-state index in [1.165, 1.54) is 6.26 Å². The zero-order valence-corrected chi connectivity index (χ0v) is 11.3. The van der Waals surface area contributed by atoms with Gasteiger partial charge in [0.2, 0.25) is 0 Å². The second kappa shape index (κ2) is 4.71. The summed E-state index contributed by atoms with van der Waals surface area (Å²) in [5.74, 6) is 0. The van der Waals surface area contributed by atoms with E-state index in [1.54, 1.807) is 6.92 Å². The lowest BCUT2D eigenvalue weighted by Gasteiger charge is -2.20. The van der Waals surface area contributed by atoms with Crippen LogP contribution >= 0.6 is 0 Å². The van der Waals surface area contributed by atoms with Crippen molar-refractivity contribution < 1.29 is 8.42 Å². The molecule has 2 N–H and O–H groups in total. The molecule has 2 rings (SSSR count). The number of fused-ring (bicyclic) bond motifs is 1. The van der Waals surface area contributed by atoms with Crippen LogP contribution in [0.1, 0.15) is 18.5 Å². The summed E-state index contributed by atoms with van der Waals surface area (Å²) in [5, 5.41) is 1.50. The van der Waals surface area contributed by atoms with E-state index in [4.69, 9.17) is 5.73 Å². The van der Waals surface area contributed by atoms with Gasteiger partial charge in [-0.3, -0.25) is 0 Å². The van der Waals surface area contributed by atoms with E-state index in [0.717, 1.165) is 16.3 Å². The fourth-order valence-electron chi connectivity index (χ4n) is 2.06. The Bertz CT molecular complexity index is 659. The summed E-state index contributed by atoms with van der Waals surface area (Å²) in [6.07, 6.45) is 1.22. The van der Waals surface area contributed by atoms with Crippen molar-refractivity contribution in [1.82, 2.24) is 0 Å². The number of nitrogens with two attached hydrogens (primary N) is 1. The van der Waals surface area contributed by atoms with Gasteiger partial charge in [0.15, 0.2) is 9.84 Å². The molecule has 0 aromatic heterocycles. The van der Waals surface area contributed by atoms with E-state index in [1.807, 2.05) is 42.5 Å². The number of rotatable bonds is 3. The van der Waals surface area contributed by atoms with Crippen LogP contribution in [-0.4, -0.2) is 19.9 Å². The summed E-state index contributed by atoms with van der Waals surface area (Å²) in [5.41, 5.74) is 6.99. The zero-order valence-electron chi connectivity index (χ0n) is 10.5. The molecule has 0 bridgehead atoms. The highest BCUT2D eigenvalue weighted by Crippen LogP contribution is 2.26. The van der Waals surface area contributed by atoms with Gasteiger partial charge in [0.1, 0.15) is 0 Å². The highest BCUT2D eigenvalue weighted by Gasteiger charge is 2.25. The van der Waals surface area contributed by atoms with Crippen molar-refractivity contribution in [3.8, 4) is 0 Å². The maximum Gasteiger partial charge on any atom is 0.151 e. The Morgan fingerprint density at radius 2 is 1.67 bits per heavy atom. The molecule has 0 aliphatic carbocycles. The third kappa shape index (κ3) is 2.40. The monoisotopic (exact) mass is 263 g/mol. The van der Waals surface area contributed by atoms with Gasteiger partial charge in [0.25, 0.3) is 0 Å². The maximum atomic E-state index is 11.6. The molecule has 0 saturated heterocycles. The second-order valence-corrected chi connectivity index (χ2v) is 7.03. The summed E-state index contributed by atoms with van der Waals surface area (Å²) >= 11 is 0. The molecule has 2 unspecified atom stereocenters. The second-order valence-electron chi connectivity index (χ2n) is 4.63. The molecule has 2 aromatic carbocycles. The van der Waals surface area contributed by atoms with Gasteiger partial charge in [0, 0.05) is 12.3 Å². The molecule has 18 heavy (non-hydrogen) atoms. The lowest BCUT2D eigenvalue weighted by Crippen LogP contribution is -2.30. The predicted octanol–water partition coefficient (Wildman–Crippen LogP) is 2.27. The molecule has 2 aromatic rings. The van der Waals surface area contributed by atoms with E-state index in [9.17, 15) is 8.42 Å². The third-order valence-corrected chi connectivity index (χ3v) is 5.01. The molecule has 0 radical (unpaired) electrons. The first-order valence-electron chi connectivity index (χ1n) is 5.83. The van der Waals surface area contributed by atoms with Crippen molar-refractivity contribution in [3.63, 3.8) is 0 Å². The highest BCUT2D eigenvalue weighted by molar-refractivity contribution is 7.91.